The van der Waals surface area contributed by atoms with Crippen LogP contribution < -0.4 is 4.74 Å². The van der Waals surface area contributed by atoms with Crippen molar-refractivity contribution < 1.29 is 4.74 Å². The van der Waals surface area contributed by atoms with Crippen LogP contribution in [0.4, 0.5) is 0 Å². The van der Waals surface area contributed by atoms with E-state index in [1.165, 1.54) is 120 Å². The topological polar surface area (TPSA) is 33.0 Å². The van der Waals surface area contributed by atoms with Gasteiger partial charge in [0, 0.05) is 0 Å². The van der Waals surface area contributed by atoms with E-state index in [0.717, 1.165) is 35.5 Å². The van der Waals surface area contributed by atoms with Crippen LogP contribution in [0.25, 0.3) is 0 Å². The number of aryl methyl sites for hydroxylation is 1. The van der Waals surface area contributed by atoms with Crippen molar-refractivity contribution in [2.45, 2.75) is 135 Å². The van der Waals surface area contributed by atoms with E-state index < -0.39 is 0 Å². The Bertz CT molecular complexity index is 747. The lowest BCUT2D eigenvalue weighted by Gasteiger charge is -2.30. The van der Waals surface area contributed by atoms with E-state index in [0.29, 0.717) is 5.92 Å². The van der Waals surface area contributed by atoms with Crippen molar-refractivity contribution in [3.8, 4) is 11.8 Å². The zero-order valence-corrected chi connectivity index (χ0v) is 22.5. The quantitative estimate of drug-likeness (QED) is 0.272. The minimum Gasteiger partial charge on any atom is -0.495 e. The Kier molecular flexibility index (Phi) is 11.8. The molecule has 0 radical (unpaired) electrons. The van der Waals surface area contributed by atoms with Crippen LogP contribution in [0.5, 0.6) is 5.75 Å². The van der Waals surface area contributed by atoms with Crippen molar-refractivity contribution in [2.75, 3.05) is 7.11 Å². The monoisotopic (exact) mass is 465 g/mol. The summed E-state index contributed by atoms with van der Waals surface area (Å²) in [5.74, 6) is 4.12. The lowest BCUT2D eigenvalue weighted by molar-refractivity contribution is 0.248. The fourth-order valence-corrected chi connectivity index (χ4v) is 6.90. The van der Waals surface area contributed by atoms with Gasteiger partial charge in [-0.15, -0.1) is 0 Å². The van der Waals surface area contributed by atoms with Crippen molar-refractivity contribution in [1.29, 1.82) is 5.26 Å². The second-order valence-electron chi connectivity index (χ2n) is 11.5. The van der Waals surface area contributed by atoms with Crippen molar-refractivity contribution in [2.24, 2.45) is 17.8 Å². The van der Waals surface area contributed by atoms with Crippen molar-refractivity contribution >= 4 is 0 Å². The van der Waals surface area contributed by atoms with Crippen LogP contribution in [0.3, 0.4) is 0 Å². The summed E-state index contributed by atoms with van der Waals surface area (Å²) in [6.45, 7) is 4.59. The van der Waals surface area contributed by atoms with Crippen LogP contribution in [0.1, 0.15) is 146 Å². The molecule has 2 aliphatic rings. The third-order valence-electron chi connectivity index (χ3n) is 9.08. The van der Waals surface area contributed by atoms with E-state index in [4.69, 9.17) is 4.74 Å². The van der Waals surface area contributed by atoms with Gasteiger partial charge in [-0.1, -0.05) is 103 Å². The first-order valence-electron chi connectivity index (χ1n) is 14.8. The summed E-state index contributed by atoms with van der Waals surface area (Å²) in [6.07, 6.45) is 24.2. The lowest BCUT2D eigenvalue weighted by atomic mass is 9.75. The van der Waals surface area contributed by atoms with Gasteiger partial charge in [0.15, 0.2) is 0 Å². The van der Waals surface area contributed by atoms with Crippen LogP contribution in [-0.4, -0.2) is 7.11 Å². The molecule has 0 atom stereocenters. The molecule has 0 N–H and O–H groups in total. The zero-order valence-electron chi connectivity index (χ0n) is 22.5. The number of methoxy groups -OCH3 is 1. The molecule has 0 saturated heterocycles. The van der Waals surface area contributed by atoms with Gasteiger partial charge in [0.1, 0.15) is 11.8 Å². The van der Waals surface area contributed by atoms with Gasteiger partial charge in [-0.05, 0) is 73.3 Å². The summed E-state index contributed by atoms with van der Waals surface area (Å²) in [6, 6.07) is 7.10. The van der Waals surface area contributed by atoms with Crippen LogP contribution in [-0.2, 0) is 6.42 Å². The number of hydrogen-bond donors (Lipinski definition) is 0. The summed E-state index contributed by atoms with van der Waals surface area (Å²) in [4.78, 5) is 0. The van der Waals surface area contributed by atoms with Gasteiger partial charge < -0.3 is 4.74 Å². The number of nitriles is 1. The number of unbranched alkanes of at least 4 members (excludes halogenated alkanes) is 4. The fraction of sp³-hybridized carbons (Fsp3) is 0.781. The van der Waals surface area contributed by atoms with Gasteiger partial charge in [0.2, 0.25) is 0 Å². The number of benzene rings is 1. The SMILES string of the molecule is CCCCCCCC1CCC(CCc2ccc(C3CCC(CCC)CC3)c(C#N)c2OC)CC1. The molecule has 190 valence electrons. The average Bonchev–Trinajstić information content (AvgIpc) is 2.88. The molecule has 0 aliphatic heterocycles. The van der Waals surface area contributed by atoms with E-state index >= 15 is 0 Å². The number of rotatable bonds is 13. The largest absolute Gasteiger partial charge is 0.495 e. The highest BCUT2D eigenvalue weighted by Gasteiger charge is 2.27. The maximum Gasteiger partial charge on any atom is 0.140 e. The van der Waals surface area contributed by atoms with Crippen LogP contribution >= 0.6 is 0 Å². The first-order chi connectivity index (χ1) is 16.7. The Morgan fingerprint density at radius 2 is 1.38 bits per heavy atom. The fourth-order valence-electron chi connectivity index (χ4n) is 6.90. The smallest absolute Gasteiger partial charge is 0.140 e. The molecule has 3 rings (SSSR count). The number of nitrogens with zero attached hydrogens (tertiary/aromatic N) is 1. The normalized spacial score (nSPS) is 25.1. The van der Waals surface area contributed by atoms with Gasteiger partial charge >= 0.3 is 0 Å². The molecule has 1 aromatic carbocycles. The molecule has 2 fully saturated rings. The molecule has 2 saturated carbocycles. The Balaban J connectivity index is 1.50. The minimum absolute atomic E-state index is 0.531. The number of hydrogen-bond acceptors (Lipinski definition) is 2. The third-order valence-corrected chi connectivity index (χ3v) is 9.08. The predicted octanol–water partition coefficient (Wildman–Crippen LogP) is 9.74. The Morgan fingerprint density at radius 3 is 2.00 bits per heavy atom. The molecule has 2 aliphatic carbocycles. The summed E-state index contributed by atoms with van der Waals surface area (Å²) in [7, 11) is 1.76. The molecule has 2 nitrogen and oxygen atoms in total. The molecular weight excluding hydrogens is 414 g/mol. The molecular formula is C32H51NO. The Labute approximate surface area is 210 Å². The Hall–Kier alpha value is -1.49. The summed E-state index contributed by atoms with van der Waals surface area (Å²) < 4.78 is 5.87. The van der Waals surface area contributed by atoms with Crippen LogP contribution in [0.15, 0.2) is 12.1 Å². The molecule has 0 aromatic heterocycles. The van der Waals surface area contributed by atoms with Crippen LogP contribution in [0.2, 0.25) is 0 Å². The zero-order chi connectivity index (χ0) is 24.2. The molecule has 0 heterocycles. The summed E-state index contributed by atoms with van der Waals surface area (Å²) >= 11 is 0. The number of ether oxygens (including phenoxy) is 1. The molecule has 0 spiro atoms. The molecule has 0 unspecified atom stereocenters. The maximum absolute atomic E-state index is 10.1. The molecule has 34 heavy (non-hydrogen) atoms. The van der Waals surface area contributed by atoms with Gasteiger partial charge in [0.25, 0.3) is 0 Å². The molecule has 1 aromatic rings. The first kappa shape index (κ1) is 27.1. The van der Waals surface area contributed by atoms with Crippen molar-refractivity contribution in [1.82, 2.24) is 0 Å². The van der Waals surface area contributed by atoms with Crippen LogP contribution in [0, 0.1) is 29.1 Å². The summed E-state index contributed by atoms with van der Waals surface area (Å²) in [5, 5.41) is 10.1. The standard InChI is InChI=1S/C32H51NO/c1-4-6-7-8-9-11-26-12-14-27(15-13-26)18-21-29-22-23-30(31(24-33)32(29)34-3)28-19-16-25(10-5-2)17-20-28/h22-23,25-28H,4-21H2,1-3H3. The highest BCUT2D eigenvalue weighted by atomic mass is 16.5. The first-order valence-corrected chi connectivity index (χ1v) is 14.8. The predicted molar refractivity (Wildman–Crippen MR) is 144 cm³/mol. The highest BCUT2D eigenvalue weighted by molar-refractivity contribution is 5.54. The lowest BCUT2D eigenvalue weighted by Crippen LogP contribution is -2.16. The van der Waals surface area contributed by atoms with Gasteiger partial charge in [-0.2, -0.15) is 5.26 Å². The Morgan fingerprint density at radius 1 is 0.765 bits per heavy atom. The maximum atomic E-state index is 10.1. The molecule has 0 amide bonds. The highest BCUT2D eigenvalue weighted by Crippen LogP contribution is 2.42. The van der Waals surface area contributed by atoms with E-state index in [-0.39, 0.29) is 0 Å². The second-order valence-corrected chi connectivity index (χ2v) is 11.5. The van der Waals surface area contributed by atoms with E-state index in [2.05, 4.69) is 32.0 Å². The van der Waals surface area contributed by atoms with Gasteiger partial charge in [0.05, 0.1) is 12.7 Å². The average molecular weight is 466 g/mol. The van der Waals surface area contributed by atoms with E-state index in [9.17, 15) is 5.26 Å². The van der Waals surface area contributed by atoms with Crippen molar-refractivity contribution in [3.63, 3.8) is 0 Å². The summed E-state index contributed by atoms with van der Waals surface area (Å²) in [5.41, 5.74) is 3.32. The molecule has 2 heteroatoms. The second kappa shape index (κ2) is 14.8. The van der Waals surface area contributed by atoms with Gasteiger partial charge in [-0.3, -0.25) is 0 Å². The van der Waals surface area contributed by atoms with Crippen molar-refractivity contribution in [3.05, 3.63) is 28.8 Å². The van der Waals surface area contributed by atoms with Gasteiger partial charge in [-0.25, -0.2) is 0 Å². The third kappa shape index (κ3) is 7.76. The molecule has 0 bridgehead atoms. The van der Waals surface area contributed by atoms with E-state index in [1.807, 2.05) is 0 Å². The van der Waals surface area contributed by atoms with E-state index in [1.54, 1.807) is 7.11 Å². The minimum atomic E-state index is 0.531.